The van der Waals surface area contributed by atoms with Gasteiger partial charge in [-0.1, -0.05) is 6.07 Å². The highest BCUT2D eigenvalue weighted by atomic mass is 32.2. The molecule has 2 aliphatic rings. The van der Waals surface area contributed by atoms with Crippen LogP contribution < -0.4 is 14.8 Å². The third-order valence-corrected chi connectivity index (χ3v) is 7.74. The summed E-state index contributed by atoms with van der Waals surface area (Å²) in [4.78, 5) is 13.8. The topological polar surface area (TPSA) is 99.5 Å². The van der Waals surface area contributed by atoms with Crippen LogP contribution in [0.1, 0.15) is 23.0 Å². The molecule has 0 saturated carbocycles. The zero-order valence-electron chi connectivity index (χ0n) is 15.9. The van der Waals surface area contributed by atoms with Crippen LogP contribution in [0.5, 0.6) is 11.5 Å². The third-order valence-electron chi connectivity index (χ3n) is 5.10. The molecule has 0 aliphatic carbocycles. The molecule has 0 spiro atoms. The zero-order valence-corrected chi connectivity index (χ0v) is 17.5. The monoisotopic (exact) mass is 445 g/mol. The van der Waals surface area contributed by atoms with Crippen molar-refractivity contribution < 1.29 is 22.7 Å². The van der Waals surface area contributed by atoms with Gasteiger partial charge in [0.2, 0.25) is 0 Å². The lowest BCUT2D eigenvalue weighted by Gasteiger charge is -2.18. The quantitative estimate of drug-likeness (QED) is 0.663. The van der Waals surface area contributed by atoms with E-state index in [-0.39, 0.29) is 29.1 Å². The van der Waals surface area contributed by atoms with E-state index >= 15 is 0 Å². The molecule has 3 aromatic rings. The van der Waals surface area contributed by atoms with E-state index in [1.54, 1.807) is 28.9 Å². The number of sulfone groups is 1. The molecule has 1 aromatic carbocycles. The van der Waals surface area contributed by atoms with Crippen LogP contribution in [0.15, 0.2) is 41.8 Å². The van der Waals surface area contributed by atoms with Gasteiger partial charge < -0.3 is 14.8 Å². The molecule has 1 atom stereocenters. The lowest BCUT2D eigenvalue weighted by atomic mass is 10.2. The van der Waals surface area contributed by atoms with Gasteiger partial charge in [-0.25, -0.2) is 8.42 Å². The summed E-state index contributed by atoms with van der Waals surface area (Å²) in [6.45, 7) is 0.960. The maximum absolute atomic E-state index is 12.9. The number of nitrogens with zero attached hydrogens (tertiary/aromatic N) is 2. The molecular formula is C20H19N3O5S2. The van der Waals surface area contributed by atoms with Crippen molar-refractivity contribution in [3.8, 4) is 22.1 Å². The molecular weight excluding hydrogens is 426 g/mol. The van der Waals surface area contributed by atoms with Gasteiger partial charge >= 0.3 is 0 Å². The van der Waals surface area contributed by atoms with E-state index in [0.29, 0.717) is 36.8 Å². The van der Waals surface area contributed by atoms with E-state index in [1.807, 2.05) is 17.5 Å². The van der Waals surface area contributed by atoms with Crippen LogP contribution in [-0.2, 0) is 9.84 Å². The highest BCUT2D eigenvalue weighted by molar-refractivity contribution is 7.91. The number of fused-ring (bicyclic) bond motifs is 1. The van der Waals surface area contributed by atoms with Crippen molar-refractivity contribution in [3.05, 3.63) is 47.5 Å². The minimum absolute atomic E-state index is 0.0380. The predicted molar refractivity (Wildman–Crippen MR) is 113 cm³/mol. The molecule has 1 fully saturated rings. The molecule has 1 unspecified atom stereocenters. The molecule has 30 heavy (non-hydrogen) atoms. The number of benzene rings is 1. The van der Waals surface area contributed by atoms with Crippen molar-refractivity contribution in [1.29, 1.82) is 0 Å². The summed E-state index contributed by atoms with van der Waals surface area (Å²) in [6, 6.07) is 10.5. The van der Waals surface area contributed by atoms with Crippen molar-refractivity contribution in [2.24, 2.45) is 0 Å². The maximum Gasteiger partial charge on any atom is 0.276 e. The Balaban J connectivity index is 1.44. The summed E-state index contributed by atoms with van der Waals surface area (Å²) < 4.78 is 36.7. The van der Waals surface area contributed by atoms with Gasteiger partial charge in [-0.15, -0.1) is 11.3 Å². The second-order valence-corrected chi connectivity index (χ2v) is 10.4. The Bertz CT molecular complexity index is 1200. The van der Waals surface area contributed by atoms with Gasteiger partial charge in [-0.05, 0) is 36.1 Å². The van der Waals surface area contributed by atoms with E-state index in [9.17, 15) is 13.2 Å². The molecule has 5 rings (SSSR count). The van der Waals surface area contributed by atoms with Gasteiger partial charge in [0.1, 0.15) is 13.2 Å². The second-order valence-electron chi connectivity index (χ2n) is 7.21. The van der Waals surface area contributed by atoms with Crippen molar-refractivity contribution in [2.45, 2.75) is 12.5 Å². The Labute approximate surface area is 177 Å². The van der Waals surface area contributed by atoms with Gasteiger partial charge in [0, 0.05) is 11.8 Å². The molecule has 1 saturated heterocycles. The Morgan fingerprint density at radius 2 is 2.00 bits per heavy atom. The highest BCUT2D eigenvalue weighted by Gasteiger charge is 2.32. The summed E-state index contributed by atoms with van der Waals surface area (Å²) in [7, 11) is -3.08. The Morgan fingerprint density at radius 3 is 2.73 bits per heavy atom. The molecule has 1 amide bonds. The van der Waals surface area contributed by atoms with Crippen molar-refractivity contribution in [1.82, 2.24) is 9.78 Å². The minimum atomic E-state index is -3.08. The molecule has 1 N–H and O–H groups in total. The van der Waals surface area contributed by atoms with E-state index in [1.165, 1.54) is 11.3 Å². The zero-order chi connectivity index (χ0) is 20.7. The third kappa shape index (κ3) is 3.68. The first-order valence-electron chi connectivity index (χ1n) is 9.53. The molecule has 10 heteroatoms. The maximum atomic E-state index is 12.9. The van der Waals surface area contributed by atoms with E-state index < -0.39 is 9.84 Å². The number of amides is 1. The molecule has 2 aliphatic heterocycles. The summed E-state index contributed by atoms with van der Waals surface area (Å²) in [6.07, 6.45) is 0.492. The van der Waals surface area contributed by atoms with Crippen molar-refractivity contribution >= 4 is 32.8 Å². The molecule has 4 heterocycles. The highest BCUT2D eigenvalue weighted by Crippen LogP contribution is 2.34. The Morgan fingerprint density at radius 1 is 1.17 bits per heavy atom. The van der Waals surface area contributed by atoms with E-state index in [0.717, 1.165) is 10.6 Å². The average Bonchev–Trinajstić information content (AvgIpc) is 3.46. The van der Waals surface area contributed by atoms with Crippen LogP contribution in [0, 0.1) is 0 Å². The summed E-state index contributed by atoms with van der Waals surface area (Å²) >= 11 is 1.52. The fourth-order valence-corrected chi connectivity index (χ4v) is 6.10. The largest absolute Gasteiger partial charge is 0.486 e. The number of aromatic nitrogens is 2. The van der Waals surface area contributed by atoms with E-state index in [4.69, 9.17) is 9.47 Å². The number of ether oxygens (including phenoxy) is 2. The van der Waals surface area contributed by atoms with Crippen LogP contribution >= 0.6 is 11.3 Å². The Kier molecular flexibility index (Phi) is 4.75. The summed E-state index contributed by atoms with van der Waals surface area (Å²) in [5, 5.41) is 9.26. The minimum Gasteiger partial charge on any atom is -0.486 e. The van der Waals surface area contributed by atoms with Gasteiger partial charge in [-0.2, -0.15) is 5.10 Å². The van der Waals surface area contributed by atoms with Crippen LogP contribution in [0.4, 0.5) is 5.69 Å². The summed E-state index contributed by atoms with van der Waals surface area (Å²) in [5.41, 5.74) is 1.55. The van der Waals surface area contributed by atoms with Gasteiger partial charge in [0.05, 0.1) is 28.1 Å². The molecule has 2 aromatic heterocycles. The lowest BCUT2D eigenvalue weighted by Crippen LogP contribution is -2.17. The number of rotatable bonds is 4. The second kappa shape index (κ2) is 7.44. The number of hydrogen-bond donors (Lipinski definition) is 1. The average molecular weight is 446 g/mol. The van der Waals surface area contributed by atoms with Crippen molar-refractivity contribution in [2.75, 3.05) is 30.0 Å². The number of carbonyl (C=O) groups is 1. The first kappa shape index (κ1) is 19.1. The Hall–Kier alpha value is -2.85. The van der Waals surface area contributed by atoms with Crippen LogP contribution in [0.2, 0.25) is 0 Å². The fourth-order valence-electron chi connectivity index (χ4n) is 3.68. The number of thiophene rings is 1. The SMILES string of the molecule is O=C(Nc1ccc2c(c1)OCCO2)c1cc(-c2cccs2)n(C2CCS(=O)(=O)C2)n1. The molecule has 156 valence electrons. The fraction of sp³-hybridized carbons (Fsp3) is 0.300. The number of hydrogen-bond acceptors (Lipinski definition) is 7. The molecule has 0 radical (unpaired) electrons. The standard InChI is InChI=1S/C20H19N3O5S2/c24-20(21-13-3-4-17-18(10-13)28-7-6-27-17)15-11-16(19-2-1-8-29-19)23(22-15)14-5-9-30(25,26)12-14/h1-4,8,10-11,14H,5-7,9,12H2,(H,21,24). The molecule has 0 bridgehead atoms. The normalized spacial score (nSPS) is 19.5. The summed E-state index contributed by atoms with van der Waals surface area (Å²) in [5.74, 6) is 1.03. The first-order valence-corrected chi connectivity index (χ1v) is 12.2. The smallest absolute Gasteiger partial charge is 0.276 e. The van der Waals surface area contributed by atoms with Crippen LogP contribution in [-0.4, -0.2) is 48.8 Å². The first-order chi connectivity index (χ1) is 14.5. The van der Waals surface area contributed by atoms with Crippen LogP contribution in [0.3, 0.4) is 0 Å². The van der Waals surface area contributed by atoms with Gasteiger partial charge in [0.25, 0.3) is 5.91 Å². The molecule has 8 nitrogen and oxygen atoms in total. The predicted octanol–water partition coefficient (Wildman–Crippen LogP) is 2.99. The number of nitrogens with one attached hydrogen (secondary N) is 1. The van der Waals surface area contributed by atoms with Gasteiger partial charge in [0.15, 0.2) is 27.0 Å². The van der Waals surface area contributed by atoms with Crippen molar-refractivity contribution in [3.63, 3.8) is 0 Å². The number of anilines is 1. The van der Waals surface area contributed by atoms with Crippen LogP contribution in [0.25, 0.3) is 10.6 Å². The lowest BCUT2D eigenvalue weighted by molar-refractivity contribution is 0.102. The van der Waals surface area contributed by atoms with Gasteiger partial charge in [-0.3, -0.25) is 9.48 Å². The van der Waals surface area contributed by atoms with E-state index in [2.05, 4.69) is 10.4 Å². The number of carbonyl (C=O) groups excluding carboxylic acids is 1.